The van der Waals surface area contributed by atoms with E-state index in [0.29, 0.717) is 6.54 Å². The SMILES string of the molecule is Cc1ccccc1NC(=O)C[NH2+][C@H](C)c1ccccc1Cl. The number of carbonyl (C=O) groups is 1. The molecule has 1 amide bonds. The Bertz CT molecular complexity index is 628. The molecule has 3 nitrogen and oxygen atoms in total. The van der Waals surface area contributed by atoms with Gasteiger partial charge in [-0.05, 0) is 31.5 Å². The lowest BCUT2D eigenvalue weighted by atomic mass is 10.1. The molecule has 2 rings (SSSR count). The van der Waals surface area contributed by atoms with Crippen LogP contribution >= 0.6 is 11.6 Å². The number of quaternary nitrogens is 1. The average Bonchev–Trinajstić information content (AvgIpc) is 2.48. The van der Waals surface area contributed by atoms with Crippen molar-refractivity contribution in [1.82, 2.24) is 0 Å². The second kappa shape index (κ2) is 7.25. The van der Waals surface area contributed by atoms with E-state index in [1.54, 1.807) is 0 Å². The molecule has 0 heterocycles. The zero-order valence-corrected chi connectivity index (χ0v) is 13.0. The number of nitrogens with two attached hydrogens (primary N) is 1. The average molecular weight is 304 g/mol. The number of para-hydroxylation sites is 1. The van der Waals surface area contributed by atoms with Crippen molar-refractivity contribution < 1.29 is 10.1 Å². The Morgan fingerprint density at radius 1 is 1.19 bits per heavy atom. The predicted molar refractivity (Wildman–Crippen MR) is 86.5 cm³/mol. The first kappa shape index (κ1) is 15.5. The maximum atomic E-state index is 12.0. The minimum Gasteiger partial charge on any atom is -0.332 e. The van der Waals surface area contributed by atoms with Gasteiger partial charge in [0.2, 0.25) is 0 Å². The summed E-state index contributed by atoms with van der Waals surface area (Å²) in [6.45, 7) is 4.38. The number of halogens is 1. The summed E-state index contributed by atoms with van der Waals surface area (Å²) in [6.07, 6.45) is 0. The maximum Gasteiger partial charge on any atom is 0.279 e. The summed E-state index contributed by atoms with van der Waals surface area (Å²) in [6, 6.07) is 15.6. The minimum absolute atomic E-state index is 0.0109. The summed E-state index contributed by atoms with van der Waals surface area (Å²) in [5, 5.41) is 5.65. The Balaban J connectivity index is 1.90. The van der Waals surface area contributed by atoms with Crippen molar-refractivity contribution in [2.45, 2.75) is 19.9 Å². The van der Waals surface area contributed by atoms with Gasteiger partial charge in [-0.1, -0.05) is 48.0 Å². The number of benzene rings is 2. The summed E-state index contributed by atoms with van der Waals surface area (Å²) in [7, 11) is 0. The summed E-state index contributed by atoms with van der Waals surface area (Å²) in [5.74, 6) is -0.0109. The van der Waals surface area contributed by atoms with E-state index in [2.05, 4.69) is 5.32 Å². The Morgan fingerprint density at radius 2 is 1.86 bits per heavy atom. The Labute approximate surface area is 130 Å². The van der Waals surface area contributed by atoms with Crippen LogP contribution in [0.4, 0.5) is 5.69 Å². The van der Waals surface area contributed by atoms with Crippen molar-refractivity contribution in [2.24, 2.45) is 0 Å². The fourth-order valence-corrected chi connectivity index (χ4v) is 2.48. The van der Waals surface area contributed by atoms with E-state index in [-0.39, 0.29) is 11.9 Å². The molecule has 0 spiro atoms. The van der Waals surface area contributed by atoms with Gasteiger partial charge >= 0.3 is 0 Å². The summed E-state index contributed by atoms with van der Waals surface area (Å²) >= 11 is 6.16. The molecule has 1 atom stereocenters. The first-order chi connectivity index (χ1) is 10.1. The van der Waals surface area contributed by atoms with Crippen molar-refractivity contribution >= 4 is 23.2 Å². The molecule has 0 aliphatic heterocycles. The number of anilines is 1. The van der Waals surface area contributed by atoms with Gasteiger partial charge in [0.25, 0.3) is 5.91 Å². The minimum atomic E-state index is -0.0109. The van der Waals surface area contributed by atoms with Crippen molar-refractivity contribution in [3.63, 3.8) is 0 Å². The van der Waals surface area contributed by atoms with Crippen molar-refractivity contribution in [2.75, 3.05) is 11.9 Å². The molecule has 2 aromatic carbocycles. The third-order valence-corrected chi connectivity index (χ3v) is 3.82. The molecule has 4 heteroatoms. The smallest absolute Gasteiger partial charge is 0.279 e. The molecule has 0 saturated carbocycles. The van der Waals surface area contributed by atoms with Crippen LogP contribution in [0.5, 0.6) is 0 Å². The van der Waals surface area contributed by atoms with Crippen LogP contribution in [0.3, 0.4) is 0 Å². The molecule has 0 saturated heterocycles. The molecule has 0 aromatic heterocycles. The monoisotopic (exact) mass is 303 g/mol. The molecule has 3 N–H and O–H groups in total. The van der Waals surface area contributed by atoms with Crippen LogP contribution in [0.2, 0.25) is 5.02 Å². The van der Waals surface area contributed by atoms with Gasteiger partial charge in [-0.3, -0.25) is 4.79 Å². The number of nitrogens with one attached hydrogen (secondary N) is 1. The van der Waals surface area contributed by atoms with Crippen molar-refractivity contribution in [3.05, 3.63) is 64.7 Å². The molecule has 0 fully saturated rings. The van der Waals surface area contributed by atoms with Crippen LogP contribution < -0.4 is 10.6 Å². The molecule has 0 aliphatic rings. The second-order valence-corrected chi connectivity index (χ2v) is 5.52. The van der Waals surface area contributed by atoms with Crippen LogP contribution in [0.1, 0.15) is 24.1 Å². The first-order valence-corrected chi connectivity index (χ1v) is 7.39. The van der Waals surface area contributed by atoms with Crippen LogP contribution in [0, 0.1) is 6.92 Å². The highest BCUT2D eigenvalue weighted by Gasteiger charge is 2.14. The highest BCUT2D eigenvalue weighted by Crippen LogP contribution is 2.19. The molecule has 0 bridgehead atoms. The van der Waals surface area contributed by atoms with Crippen LogP contribution in [-0.2, 0) is 4.79 Å². The Kier molecular flexibility index (Phi) is 5.37. The van der Waals surface area contributed by atoms with Gasteiger partial charge in [-0.25, -0.2) is 0 Å². The van der Waals surface area contributed by atoms with Gasteiger partial charge in [-0.15, -0.1) is 0 Å². The number of carbonyl (C=O) groups excluding carboxylic acids is 1. The summed E-state index contributed by atoms with van der Waals surface area (Å²) in [5.41, 5.74) is 2.97. The molecule has 0 aliphatic carbocycles. The van der Waals surface area contributed by atoms with Crippen LogP contribution in [-0.4, -0.2) is 12.5 Å². The molecule has 2 aromatic rings. The van der Waals surface area contributed by atoms with Crippen LogP contribution in [0.15, 0.2) is 48.5 Å². The van der Waals surface area contributed by atoms with Gasteiger partial charge in [0.15, 0.2) is 6.54 Å². The largest absolute Gasteiger partial charge is 0.332 e. The lowest BCUT2D eigenvalue weighted by molar-refractivity contribution is -0.682. The number of hydrogen-bond donors (Lipinski definition) is 2. The zero-order valence-electron chi connectivity index (χ0n) is 12.3. The highest BCUT2D eigenvalue weighted by molar-refractivity contribution is 6.31. The lowest BCUT2D eigenvalue weighted by Crippen LogP contribution is -2.86. The Morgan fingerprint density at radius 3 is 2.57 bits per heavy atom. The van der Waals surface area contributed by atoms with E-state index in [1.165, 1.54) is 0 Å². The third kappa shape index (κ3) is 4.31. The number of aryl methyl sites for hydroxylation is 1. The Hall–Kier alpha value is -1.84. The predicted octanol–water partition coefficient (Wildman–Crippen LogP) is 2.91. The number of hydrogen-bond acceptors (Lipinski definition) is 1. The molecule has 0 radical (unpaired) electrons. The topological polar surface area (TPSA) is 45.7 Å². The third-order valence-electron chi connectivity index (χ3n) is 3.47. The normalized spacial score (nSPS) is 12.0. The molecular formula is C17H20ClN2O+. The number of rotatable bonds is 5. The van der Waals surface area contributed by atoms with E-state index in [1.807, 2.05) is 67.7 Å². The fourth-order valence-electron chi connectivity index (χ4n) is 2.17. The quantitative estimate of drug-likeness (QED) is 0.876. The van der Waals surface area contributed by atoms with Crippen molar-refractivity contribution in [3.8, 4) is 0 Å². The summed E-state index contributed by atoms with van der Waals surface area (Å²) < 4.78 is 0. The van der Waals surface area contributed by atoms with E-state index < -0.39 is 0 Å². The van der Waals surface area contributed by atoms with Crippen molar-refractivity contribution in [1.29, 1.82) is 0 Å². The van der Waals surface area contributed by atoms with Gasteiger partial charge < -0.3 is 10.6 Å². The fraction of sp³-hybridized carbons (Fsp3) is 0.235. The zero-order chi connectivity index (χ0) is 15.2. The first-order valence-electron chi connectivity index (χ1n) is 7.01. The highest BCUT2D eigenvalue weighted by atomic mass is 35.5. The molecule has 0 unspecified atom stereocenters. The van der Waals surface area contributed by atoms with Gasteiger partial charge in [-0.2, -0.15) is 0 Å². The van der Waals surface area contributed by atoms with Crippen LogP contribution in [0.25, 0.3) is 0 Å². The van der Waals surface area contributed by atoms with E-state index in [9.17, 15) is 4.79 Å². The van der Waals surface area contributed by atoms with E-state index >= 15 is 0 Å². The summed E-state index contributed by atoms with van der Waals surface area (Å²) in [4.78, 5) is 12.0. The standard InChI is InChI=1S/C17H19ClN2O/c1-12-7-3-6-10-16(12)20-17(21)11-19-13(2)14-8-4-5-9-15(14)18/h3-10,13,19H,11H2,1-2H3,(H,20,21)/p+1/t13-/m1/s1. The van der Waals surface area contributed by atoms with Gasteiger partial charge in [0.1, 0.15) is 6.04 Å². The van der Waals surface area contributed by atoms with E-state index in [0.717, 1.165) is 21.8 Å². The second-order valence-electron chi connectivity index (χ2n) is 5.11. The molecule has 110 valence electrons. The lowest BCUT2D eigenvalue weighted by Gasteiger charge is -2.13. The van der Waals surface area contributed by atoms with Gasteiger partial charge in [0, 0.05) is 16.3 Å². The van der Waals surface area contributed by atoms with Gasteiger partial charge in [0.05, 0.1) is 0 Å². The molecular weight excluding hydrogens is 284 g/mol. The number of amides is 1. The maximum absolute atomic E-state index is 12.0. The molecule has 21 heavy (non-hydrogen) atoms. The van der Waals surface area contributed by atoms with E-state index in [4.69, 9.17) is 11.6 Å².